The number of fused-ring (bicyclic) bond motifs is 2. The van der Waals surface area contributed by atoms with Crippen LogP contribution in [0, 0.1) is 23.2 Å². The summed E-state index contributed by atoms with van der Waals surface area (Å²) in [6.45, 7) is 2.09. The van der Waals surface area contributed by atoms with Crippen molar-refractivity contribution in [2.24, 2.45) is 17.0 Å². The van der Waals surface area contributed by atoms with Gasteiger partial charge in [0.25, 0.3) is 0 Å². The van der Waals surface area contributed by atoms with Crippen molar-refractivity contribution < 1.29 is 32.3 Å². The number of nitrogens with zero attached hydrogens (tertiary/aromatic N) is 3. The smallest absolute Gasteiger partial charge is 0.399 e. The van der Waals surface area contributed by atoms with Crippen LogP contribution in [0.2, 0.25) is 0 Å². The standard InChI is InChI=1S/C20H18F3N3O4/c1-18-8-13(25-28-2)19(30-18)5-6-29-17-15(19)14(18)16(27)26(17)11-4-3-10(9-24)12(7-11)20(21,22)23/h3-4,7,14-15,17H,5-6,8H2,1-2H3/b25-13+/t14-,15+,17+,18-,19+/m1/s1. The number of amides is 1. The molecule has 0 aromatic heterocycles. The number of benzene rings is 1. The molecule has 10 heteroatoms. The minimum atomic E-state index is -4.72. The van der Waals surface area contributed by atoms with Crippen LogP contribution in [0.5, 0.6) is 0 Å². The molecular weight excluding hydrogens is 403 g/mol. The van der Waals surface area contributed by atoms with Crippen LogP contribution in [0.25, 0.3) is 0 Å². The summed E-state index contributed by atoms with van der Waals surface area (Å²) in [5.74, 6) is -1.31. The molecule has 4 saturated heterocycles. The van der Waals surface area contributed by atoms with E-state index < -0.39 is 46.6 Å². The summed E-state index contributed by atoms with van der Waals surface area (Å²) in [5, 5.41) is 13.2. The van der Waals surface area contributed by atoms with Gasteiger partial charge in [0.05, 0.1) is 47.0 Å². The molecule has 5 atom stereocenters. The summed E-state index contributed by atoms with van der Waals surface area (Å²) in [6.07, 6.45) is -4.60. The number of rotatable bonds is 2. The molecule has 30 heavy (non-hydrogen) atoms. The van der Waals surface area contributed by atoms with Crippen LogP contribution < -0.4 is 4.90 Å². The normalized spacial score (nSPS) is 38.1. The quantitative estimate of drug-likeness (QED) is 0.686. The molecule has 158 valence electrons. The molecule has 0 N–H and O–H groups in total. The van der Waals surface area contributed by atoms with Crippen molar-refractivity contribution in [1.82, 2.24) is 0 Å². The molecule has 4 heterocycles. The summed E-state index contributed by atoms with van der Waals surface area (Å²) in [6, 6.07) is 4.84. The first-order valence-electron chi connectivity index (χ1n) is 9.53. The number of carbonyl (C=O) groups excluding carboxylic acids is 1. The molecule has 0 radical (unpaired) electrons. The van der Waals surface area contributed by atoms with E-state index in [1.165, 1.54) is 18.1 Å². The van der Waals surface area contributed by atoms with E-state index >= 15 is 0 Å². The lowest BCUT2D eigenvalue weighted by molar-refractivity contribution is -0.138. The van der Waals surface area contributed by atoms with E-state index in [0.717, 1.165) is 12.1 Å². The first-order valence-corrected chi connectivity index (χ1v) is 9.53. The average molecular weight is 421 g/mol. The molecule has 7 nitrogen and oxygen atoms in total. The Labute approximate surface area is 170 Å². The van der Waals surface area contributed by atoms with Gasteiger partial charge < -0.3 is 14.3 Å². The van der Waals surface area contributed by atoms with Crippen LogP contribution in [0.15, 0.2) is 23.4 Å². The number of anilines is 1. The SMILES string of the molecule is CO/N=C1\C[C@@]2(C)O[C@@]13CCO[C@H]1[C@@H]3[C@@H]2C(=O)N1c1ccc(C#N)c(C(F)(F)F)c1. The van der Waals surface area contributed by atoms with Gasteiger partial charge in [0.1, 0.15) is 18.9 Å². The number of hydrogen-bond acceptors (Lipinski definition) is 6. The predicted octanol–water partition coefficient (Wildman–Crippen LogP) is 2.84. The second kappa shape index (κ2) is 5.95. The van der Waals surface area contributed by atoms with Gasteiger partial charge >= 0.3 is 6.18 Å². The van der Waals surface area contributed by atoms with Crippen LogP contribution in [0.1, 0.15) is 30.9 Å². The fraction of sp³-hybridized carbons (Fsp3) is 0.550. The van der Waals surface area contributed by atoms with Crippen LogP contribution in [0.4, 0.5) is 18.9 Å². The number of ether oxygens (including phenoxy) is 2. The number of nitriles is 1. The molecule has 1 spiro atoms. The molecule has 1 amide bonds. The predicted molar refractivity (Wildman–Crippen MR) is 96.3 cm³/mol. The third-order valence-electron chi connectivity index (χ3n) is 6.71. The molecule has 4 aliphatic heterocycles. The lowest BCUT2D eigenvalue weighted by Gasteiger charge is -2.41. The molecule has 2 bridgehead atoms. The highest BCUT2D eigenvalue weighted by atomic mass is 19.4. The highest BCUT2D eigenvalue weighted by Crippen LogP contribution is 2.64. The van der Waals surface area contributed by atoms with Gasteiger partial charge in [-0.1, -0.05) is 5.16 Å². The first-order chi connectivity index (χ1) is 14.2. The number of carbonyl (C=O) groups is 1. The minimum absolute atomic E-state index is 0.0519. The third kappa shape index (κ3) is 2.27. The van der Waals surface area contributed by atoms with Crippen molar-refractivity contribution in [3.63, 3.8) is 0 Å². The Kier molecular flexibility index (Phi) is 3.84. The Morgan fingerprint density at radius 1 is 1.40 bits per heavy atom. The van der Waals surface area contributed by atoms with Crippen LogP contribution in [-0.4, -0.2) is 42.8 Å². The maximum absolute atomic E-state index is 13.5. The van der Waals surface area contributed by atoms with Crippen molar-refractivity contribution in [1.29, 1.82) is 5.26 Å². The van der Waals surface area contributed by atoms with E-state index in [2.05, 4.69) is 5.16 Å². The molecule has 0 unspecified atom stereocenters. The average Bonchev–Trinajstić information content (AvgIpc) is 3.25. The number of oxime groups is 1. The lowest BCUT2D eigenvalue weighted by Crippen LogP contribution is -2.55. The van der Waals surface area contributed by atoms with E-state index in [1.54, 1.807) is 6.07 Å². The Hall–Kier alpha value is -2.64. The fourth-order valence-corrected chi connectivity index (χ4v) is 5.70. The van der Waals surface area contributed by atoms with Crippen molar-refractivity contribution in [2.75, 3.05) is 18.6 Å². The van der Waals surface area contributed by atoms with Crippen molar-refractivity contribution in [3.8, 4) is 6.07 Å². The molecule has 0 saturated carbocycles. The third-order valence-corrected chi connectivity index (χ3v) is 6.71. The highest BCUT2D eigenvalue weighted by Gasteiger charge is 2.77. The molecular formula is C20H18F3N3O4. The maximum atomic E-state index is 13.5. The van der Waals surface area contributed by atoms with Gasteiger partial charge in [-0.15, -0.1) is 0 Å². The van der Waals surface area contributed by atoms with E-state index in [9.17, 15) is 18.0 Å². The van der Waals surface area contributed by atoms with Crippen LogP contribution in [-0.2, 0) is 25.3 Å². The largest absolute Gasteiger partial charge is 0.417 e. The Bertz CT molecular complexity index is 1020. The second-order valence-electron chi connectivity index (χ2n) is 8.26. The first kappa shape index (κ1) is 19.3. The van der Waals surface area contributed by atoms with Gasteiger partial charge in [0.2, 0.25) is 5.91 Å². The molecule has 5 rings (SSSR count). The highest BCUT2D eigenvalue weighted by molar-refractivity contribution is 6.06. The van der Waals surface area contributed by atoms with Crippen LogP contribution in [0.3, 0.4) is 0 Å². The summed E-state index contributed by atoms with van der Waals surface area (Å²) >= 11 is 0. The van der Waals surface area contributed by atoms with Crippen molar-refractivity contribution >= 4 is 17.3 Å². The van der Waals surface area contributed by atoms with Gasteiger partial charge in [-0.25, -0.2) is 0 Å². The Balaban J connectivity index is 1.62. The monoisotopic (exact) mass is 421 g/mol. The van der Waals surface area contributed by atoms with Crippen LogP contribution >= 0.6 is 0 Å². The van der Waals surface area contributed by atoms with E-state index in [1.807, 2.05) is 6.92 Å². The summed E-state index contributed by atoms with van der Waals surface area (Å²) in [7, 11) is 1.44. The summed E-state index contributed by atoms with van der Waals surface area (Å²) in [4.78, 5) is 19.7. The van der Waals surface area contributed by atoms with Gasteiger partial charge in [0, 0.05) is 18.5 Å². The zero-order valence-electron chi connectivity index (χ0n) is 16.2. The second-order valence-corrected chi connectivity index (χ2v) is 8.26. The van der Waals surface area contributed by atoms with Crippen molar-refractivity contribution in [2.45, 2.75) is 43.4 Å². The lowest BCUT2D eigenvalue weighted by atomic mass is 9.65. The van der Waals surface area contributed by atoms with Gasteiger partial charge in [-0.3, -0.25) is 9.69 Å². The van der Waals surface area contributed by atoms with Gasteiger partial charge in [0.15, 0.2) is 0 Å². The number of halogens is 3. The summed E-state index contributed by atoms with van der Waals surface area (Å²) < 4.78 is 52.7. The van der Waals surface area contributed by atoms with Gasteiger partial charge in [-0.2, -0.15) is 18.4 Å². The maximum Gasteiger partial charge on any atom is 0.417 e. The van der Waals surface area contributed by atoms with E-state index in [-0.39, 0.29) is 18.2 Å². The number of alkyl halides is 3. The Morgan fingerprint density at radius 3 is 2.83 bits per heavy atom. The topological polar surface area (TPSA) is 84.2 Å². The zero-order valence-corrected chi connectivity index (χ0v) is 16.2. The van der Waals surface area contributed by atoms with E-state index in [0.29, 0.717) is 18.6 Å². The molecule has 1 aromatic rings. The zero-order chi connectivity index (χ0) is 21.5. The summed E-state index contributed by atoms with van der Waals surface area (Å²) in [5.41, 5.74) is -2.49. The molecule has 4 fully saturated rings. The fourth-order valence-electron chi connectivity index (χ4n) is 5.70. The van der Waals surface area contributed by atoms with Gasteiger partial charge in [-0.05, 0) is 25.1 Å². The molecule has 1 aromatic carbocycles. The molecule has 4 aliphatic rings. The van der Waals surface area contributed by atoms with Crippen molar-refractivity contribution in [3.05, 3.63) is 29.3 Å². The van der Waals surface area contributed by atoms with E-state index in [4.69, 9.17) is 19.6 Å². The Morgan fingerprint density at radius 2 is 2.17 bits per heavy atom. The number of hydrogen-bond donors (Lipinski definition) is 0. The molecule has 0 aliphatic carbocycles. The minimum Gasteiger partial charge on any atom is -0.399 e.